The minimum atomic E-state index is 0.818. The molecule has 0 amide bonds. The normalized spacial score (nSPS) is 16.6. The van der Waals surface area contributed by atoms with Crippen molar-refractivity contribution in [2.24, 2.45) is 5.92 Å². The maximum atomic E-state index is 5.23. The Balaban J connectivity index is 1.66. The zero-order valence-electron chi connectivity index (χ0n) is 9.85. The topological polar surface area (TPSA) is 45.3 Å². The number of nitrogens with one attached hydrogen (secondary N) is 3. The van der Waals surface area contributed by atoms with E-state index in [1.165, 1.54) is 26.1 Å². The van der Waals surface area contributed by atoms with E-state index in [4.69, 9.17) is 4.74 Å². The van der Waals surface area contributed by atoms with Crippen molar-refractivity contribution in [3.63, 3.8) is 0 Å². The lowest BCUT2D eigenvalue weighted by molar-refractivity contribution is 0.149. The molecule has 0 unspecified atom stereocenters. The van der Waals surface area contributed by atoms with E-state index in [1.54, 1.807) is 0 Å². The Morgan fingerprint density at radius 1 is 1.20 bits per heavy atom. The van der Waals surface area contributed by atoms with Crippen LogP contribution in [-0.4, -0.2) is 52.5 Å². The van der Waals surface area contributed by atoms with Gasteiger partial charge in [-0.05, 0) is 32.4 Å². The van der Waals surface area contributed by atoms with E-state index in [-0.39, 0.29) is 0 Å². The molecule has 1 rings (SSSR count). The Kier molecular flexibility index (Phi) is 7.83. The van der Waals surface area contributed by atoms with Crippen LogP contribution in [0.5, 0.6) is 0 Å². The molecule has 0 aromatic carbocycles. The summed E-state index contributed by atoms with van der Waals surface area (Å²) in [4.78, 5) is 0. The molecule has 1 heterocycles. The second kappa shape index (κ2) is 9.09. The van der Waals surface area contributed by atoms with Gasteiger partial charge in [-0.15, -0.1) is 0 Å². The maximum absolute atomic E-state index is 5.23. The molecule has 4 heteroatoms. The minimum absolute atomic E-state index is 0.818. The lowest BCUT2D eigenvalue weighted by atomic mass is 10.0. The molecule has 0 aromatic heterocycles. The van der Waals surface area contributed by atoms with Gasteiger partial charge in [0.1, 0.15) is 0 Å². The van der Waals surface area contributed by atoms with Gasteiger partial charge in [-0.3, -0.25) is 0 Å². The smallest absolute Gasteiger partial charge is 0.0590 e. The fourth-order valence-corrected chi connectivity index (χ4v) is 1.55. The van der Waals surface area contributed by atoms with E-state index in [0.29, 0.717) is 0 Å². The van der Waals surface area contributed by atoms with Crippen molar-refractivity contribution < 1.29 is 4.74 Å². The molecule has 0 bridgehead atoms. The van der Waals surface area contributed by atoms with Crippen molar-refractivity contribution >= 4 is 0 Å². The van der Waals surface area contributed by atoms with Gasteiger partial charge in [0.25, 0.3) is 0 Å². The van der Waals surface area contributed by atoms with Gasteiger partial charge >= 0.3 is 0 Å². The van der Waals surface area contributed by atoms with Crippen LogP contribution >= 0.6 is 0 Å². The summed E-state index contributed by atoms with van der Waals surface area (Å²) in [6.45, 7) is 10.4. The van der Waals surface area contributed by atoms with Crippen LogP contribution in [0.1, 0.15) is 13.3 Å². The summed E-state index contributed by atoms with van der Waals surface area (Å²) in [7, 11) is 0. The standard InChI is InChI=1S/C11H25N3O/c1-2-15-7-6-12-4-3-5-13-8-11-9-14-10-11/h11-14H,2-10H2,1H3. The quantitative estimate of drug-likeness (QED) is 0.442. The molecule has 1 aliphatic rings. The zero-order chi connectivity index (χ0) is 10.8. The van der Waals surface area contributed by atoms with Gasteiger partial charge in [0.05, 0.1) is 6.61 Å². The van der Waals surface area contributed by atoms with Gasteiger partial charge in [-0.1, -0.05) is 0 Å². The van der Waals surface area contributed by atoms with Gasteiger partial charge in [-0.2, -0.15) is 0 Å². The van der Waals surface area contributed by atoms with E-state index in [0.717, 1.165) is 38.8 Å². The molecule has 0 radical (unpaired) electrons. The number of rotatable bonds is 10. The summed E-state index contributed by atoms with van der Waals surface area (Å²) in [5.74, 6) is 0.871. The summed E-state index contributed by atoms with van der Waals surface area (Å²) in [5.41, 5.74) is 0. The van der Waals surface area contributed by atoms with E-state index in [2.05, 4.69) is 16.0 Å². The molecule has 3 N–H and O–H groups in total. The Morgan fingerprint density at radius 2 is 2.00 bits per heavy atom. The Hall–Kier alpha value is -0.160. The lowest BCUT2D eigenvalue weighted by Crippen LogP contribution is -2.47. The molecule has 0 aromatic rings. The summed E-state index contributed by atoms with van der Waals surface area (Å²) in [5, 5.41) is 10.1. The highest BCUT2D eigenvalue weighted by Gasteiger charge is 2.14. The van der Waals surface area contributed by atoms with Gasteiger partial charge in [-0.25, -0.2) is 0 Å². The minimum Gasteiger partial charge on any atom is -0.380 e. The first kappa shape index (κ1) is 12.9. The Labute approximate surface area is 93.1 Å². The average molecular weight is 215 g/mol. The van der Waals surface area contributed by atoms with Gasteiger partial charge in [0, 0.05) is 32.8 Å². The third kappa shape index (κ3) is 6.84. The Bertz CT molecular complexity index is 140. The van der Waals surface area contributed by atoms with Crippen molar-refractivity contribution in [2.75, 3.05) is 52.5 Å². The highest BCUT2D eigenvalue weighted by molar-refractivity contribution is 4.76. The number of ether oxygens (including phenoxy) is 1. The molecular weight excluding hydrogens is 190 g/mol. The predicted octanol–water partition coefficient (Wildman–Crippen LogP) is -0.188. The summed E-state index contributed by atoms with van der Waals surface area (Å²) >= 11 is 0. The van der Waals surface area contributed by atoms with Gasteiger partial charge < -0.3 is 20.7 Å². The molecule has 0 atom stereocenters. The molecular formula is C11H25N3O. The van der Waals surface area contributed by atoms with Crippen LogP contribution in [0.15, 0.2) is 0 Å². The predicted molar refractivity (Wildman–Crippen MR) is 63.2 cm³/mol. The maximum Gasteiger partial charge on any atom is 0.0590 e. The second-order valence-corrected chi connectivity index (χ2v) is 4.03. The highest BCUT2D eigenvalue weighted by atomic mass is 16.5. The van der Waals surface area contributed by atoms with Crippen LogP contribution in [-0.2, 0) is 4.74 Å². The third-order valence-electron chi connectivity index (χ3n) is 2.63. The second-order valence-electron chi connectivity index (χ2n) is 4.03. The average Bonchev–Trinajstić information content (AvgIpc) is 2.18. The van der Waals surface area contributed by atoms with Crippen LogP contribution < -0.4 is 16.0 Å². The monoisotopic (exact) mass is 215 g/mol. The van der Waals surface area contributed by atoms with E-state index < -0.39 is 0 Å². The van der Waals surface area contributed by atoms with Crippen molar-refractivity contribution in [2.45, 2.75) is 13.3 Å². The lowest BCUT2D eigenvalue weighted by Gasteiger charge is -2.27. The van der Waals surface area contributed by atoms with Crippen molar-refractivity contribution in [1.82, 2.24) is 16.0 Å². The first-order valence-electron chi connectivity index (χ1n) is 6.13. The van der Waals surface area contributed by atoms with Crippen LogP contribution in [0.4, 0.5) is 0 Å². The van der Waals surface area contributed by atoms with E-state index >= 15 is 0 Å². The fourth-order valence-electron chi connectivity index (χ4n) is 1.55. The Morgan fingerprint density at radius 3 is 2.67 bits per heavy atom. The molecule has 90 valence electrons. The first-order valence-corrected chi connectivity index (χ1v) is 6.13. The van der Waals surface area contributed by atoms with Crippen LogP contribution in [0.2, 0.25) is 0 Å². The molecule has 1 fully saturated rings. The zero-order valence-corrected chi connectivity index (χ0v) is 9.85. The molecule has 4 nitrogen and oxygen atoms in total. The summed E-state index contributed by atoms with van der Waals surface area (Å²) in [6, 6.07) is 0. The van der Waals surface area contributed by atoms with E-state index in [9.17, 15) is 0 Å². The third-order valence-corrected chi connectivity index (χ3v) is 2.63. The number of hydrogen-bond acceptors (Lipinski definition) is 4. The van der Waals surface area contributed by atoms with E-state index in [1.807, 2.05) is 6.92 Å². The van der Waals surface area contributed by atoms with Crippen molar-refractivity contribution in [3.05, 3.63) is 0 Å². The van der Waals surface area contributed by atoms with Gasteiger partial charge in [0.2, 0.25) is 0 Å². The molecule has 0 aliphatic carbocycles. The van der Waals surface area contributed by atoms with Crippen LogP contribution in [0.25, 0.3) is 0 Å². The SMILES string of the molecule is CCOCCNCCCNCC1CNC1. The molecule has 1 aliphatic heterocycles. The number of hydrogen-bond donors (Lipinski definition) is 3. The largest absolute Gasteiger partial charge is 0.380 e. The van der Waals surface area contributed by atoms with Gasteiger partial charge in [0.15, 0.2) is 0 Å². The highest BCUT2D eigenvalue weighted by Crippen LogP contribution is 1.99. The fraction of sp³-hybridized carbons (Fsp3) is 1.00. The van der Waals surface area contributed by atoms with Crippen molar-refractivity contribution in [3.8, 4) is 0 Å². The van der Waals surface area contributed by atoms with Crippen LogP contribution in [0, 0.1) is 5.92 Å². The van der Waals surface area contributed by atoms with Crippen molar-refractivity contribution in [1.29, 1.82) is 0 Å². The summed E-state index contributed by atoms with van der Waals surface area (Å²) < 4.78 is 5.23. The van der Waals surface area contributed by atoms with Crippen LogP contribution in [0.3, 0.4) is 0 Å². The molecule has 1 saturated heterocycles. The first-order chi connectivity index (χ1) is 7.43. The molecule has 0 spiro atoms. The summed E-state index contributed by atoms with van der Waals surface area (Å²) in [6.07, 6.45) is 1.20. The molecule has 0 saturated carbocycles. The molecule has 15 heavy (non-hydrogen) atoms.